The molecule has 0 fully saturated rings. The number of hydrogen-bond acceptors (Lipinski definition) is 3. The molecular weight excluding hydrogens is 228 g/mol. The molecule has 0 radical (unpaired) electrons. The Hall–Kier alpha value is -1.91. The quantitative estimate of drug-likeness (QED) is 0.757. The summed E-state index contributed by atoms with van der Waals surface area (Å²) in [6, 6.07) is 1.84. The van der Waals surface area contributed by atoms with Gasteiger partial charge >= 0.3 is 0 Å². The van der Waals surface area contributed by atoms with Gasteiger partial charge in [-0.25, -0.2) is 4.98 Å². The molecule has 0 atom stereocenters. The highest BCUT2D eigenvalue weighted by Gasteiger charge is 2.15. The first-order valence-corrected chi connectivity index (χ1v) is 6.23. The fourth-order valence-corrected chi connectivity index (χ4v) is 2.04. The number of ketones is 1. The number of carbonyl (C=O) groups is 1. The lowest BCUT2D eigenvalue weighted by atomic mass is 10.2. The van der Waals surface area contributed by atoms with Gasteiger partial charge in [-0.05, 0) is 26.8 Å². The Bertz CT molecular complexity index is 553. The van der Waals surface area contributed by atoms with Gasteiger partial charge in [0.15, 0.2) is 5.78 Å². The van der Waals surface area contributed by atoms with Crippen LogP contribution in [0.3, 0.4) is 0 Å². The summed E-state index contributed by atoms with van der Waals surface area (Å²) in [6.07, 6.45) is 3.95. The van der Waals surface area contributed by atoms with Crippen molar-refractivity contribution in [1.29, 1.82) is 0 Å². The molecule has 5 heteroatoms. The van der Waals surface area contributed by atoms with E-state index in [2.05, 4.69) is 10.1 Å². The van der Waals surface area contributed by atoms with Gasteiger partial charge in [-0.3, -0.25) is 9.48 Å². The highest BCUT2D eigenvalue weighted by molar-refractivity contribution is 5.95. The number of rotatable bonds is 5. The summed E-state index contributed by atoms with van der Waals surface area (Å²) in [6.45, 7) is 7.45. The molecule has 0 saturated heterocycles. The lowest BCUT2D eigenvalue weighted by molar-refractivity contribution is 0.0979. The van der Waals surface area contributed by atoms with Crippen LogP contribution in [-0.4, -0.2) is 25.1 Å². The normalized spacial score (nSPS) is 10.8. The van der Waals surface area contributed by atoms with Crippen LogP contribution in [0.15, 0.2) is 18.5 Å². The van der Waals surface area contributed by atoms with E-state index in [9.17, 15) is 4.79 Å². The average Bonchev–Trinajstić information content (AvgIpc) is 2.94. The summed E-state index contributed by atoms with van der Waals surface area (Å²) >= 11 is 0. The van der Waals surface area contributed by atoms with Crippen molar-refractivity contribution in [3.05, 3.63) is 35.7 Å². The van der Waals surface area contributed by atoms with E-state index in [1.165, 1.54) is 0 Å². The van der Waals surface area contributed by atoms with Crippen LogP contribution >= 0.6 is 0 Å². The molecule has 5 nitrogen and oxygen atoms in total. The molecule has 0 N–H and O–H groups in total. The second-order valence-corrected chi connectivity index (χ2v) is 4.22. The summed E-state index contributed by atoms with van der Waals surface area (Å²) in [5, 5.41) is 4.29. The molecule has 0 spiro atoms. The zero-order chi connectivity index (χ0) is 13.1. The predicted octanol–water partition coefficient (Wildman–Crippen LogP) is 1.85. The molecule has 0 aliphatic heterocycles. The van der Waals surface area contributed by atoms with Crippen molar-refractivity contribution in [2.45, 2.75) is 40.3 Å². The molecular formula is C13H18N4O. The van der Waals surface area contributed by atoms with E-state index in [4.69, 9.17) is 0 Å². The Morgan fingerprint density at radius 1 is 1.33 bits per heavy atom. The lowest BCUT2D eigenvalue weighted by Gasteiger charge is -2.05. The summed E-state index contributed by atoms with van der Waals surface area (Å²) in [7, 11) is 0. The number of aromatic nitrogens is 4. The highest BCUT2D eigenvalue weighted by atomic mass is 16.1. The van der Waals surface area contributed by atoms with Gasteiger partial charge in [0.1, 0.15) is 11.5 Å². The summed E-state index contributed by atoms with van der Waals surface area (Å²) in [5.74, 6) is 0.877. The minimum atomic E-state index is 0.0679. The van der Waals surface area contributed by atoms with E-state index >= 15 is 0 Å². The number of nitrogens with zero attached hydrogens (tertiary/aromatic N) is 4. The van der Waals surface area contributed by atoms with Crippen LogP contribution in [0.5, 0.6) is 0 Å². The molecule has 96 valence electrons. The number of imidazole rings is 1. The van der Waals surface area contributed by atoms with Crippen molar-refractivity contribution in [2.75, 3.05) is 0 Å². The summed E-state index contributed by atoms with van der Waals surface area (Å²) in [4.78, 5) is 16.5. The summed E-state index contributed by atoms with van der Waals surface area (Å²) < 4.78 is 3.73. The third kappa shape index (κ3) is 2.34. The van der Waals surface area contributed by atoms with Gasteiger partial charge in [0, 0.05) is 25.5 Å². The van der Waals surface area contributed by atoms with E-state index < -0.39 is 0 Å². The fourth-order valence-electron chi connectivity index (χ4n) is 2.04. The minimum Gasteiger partial charge on any atom is -0.335 e. The zero-order valence-corrected chi connectivity index (χ0v) is 11.1. The first kappa shape index (κ1) is 12.5. The summed E-state index contributed by atoms with van der Waals surface area (Å²) in [5.41, 5.74) is 1.54. The molecule has 2 aromatic rings. The molecule has 0 saturated carbocycles. The van der Waals surface area contributed by atoms with Gasteiger partial charge in [-0.2, -0.15) is 5.10 Å². The maximum Gasteiger partial charge on any atom is 0.188 e. The Morgan fingerprint density at radius 3 is 2.78 bits per heavy atom. The van der Waals surface area contributed by atoms with Crippen molar-refractivity contribution in [2.24, 2.45) is 0 Å². The SMILES string of the molecule is CCn1ccnc1CC(=O)c1cc(C)nn1CC. The first-order chi connectivity index (χ1) is 8.65. The van der Waals surface area contributed by atoms with Crippen LogP contribution in [0, 0.1) is 6.92 Å². The minimum absolute atomic E-state index is 0.0679. The van der Waals surface area contributed by atoms with Crippen LogP contribution in [-0.2, 0) is 19.5 Å². The zero-order valence-electron chi connectivity index (χ0n) is 11.1. The molecule has 0 aromatic carbocycles. The van der Waals surface area contributed by atoms with E-state index in [1.807, 2.05) is 37.6 Å². The van der Waals surface area contributed by atoms with Crippen LogP contribution in [0.4, 0.5) is 0 Å². The van der Waals surface area contributed by atoms with E-state index in [0.717, 1.165) is 18.1 Å². The fraction of sp³-hybridized carbons (Fsp3) is 0.462. The van der Waals surface area contributed by atoms with Crippen molar-refractivity contribution >= 4 is 5.78 Å². The second kappa shape index (κ2) is 5.16. The van der Waals surface area contributed by atoms with E-state index in [1.54, 1.807) is 10.9 Å². The highest BCUT2D eigenvalue weighted by Crippen LogP contribution is 2.09. The third-order valence-electron chi connectivity index (χ3n) is 2.95. The average molecular weight is 246 g/mol. The monoisotopic (exact) mass is 246 g/mol. The molecule has 0 aliphatic rings. The largest absolute Gasteiger partial charge is 0.335 e. The smallest absolute Gasteiger partial charge is 0.188 e. The molecule has 0 amide bonds. The van der Waals surface area contributed by atoms with Gasteiger partial charge in [0.2, 0.25) is 0 Å². The molecule has 2 rings (SSSR count). The first-order valence-electron chi connectivity index (χ1n) is 6.23. The Morgan fingerprint density at radius 2 is 2.11 bits per heavy atom. The standard InChI is InChI=1S/C13H18N4O/c1-4-16-7-6-14-13(16)9-12(18)11-8-10(3)15-17(11)5-2/h6-8H,4-5,9H2,1-3H3. The van der Waals surface area contributed by atoms with Gasteiger partial charge < -0.3 is 4.57 Å². The lowest BCUT2D eigenvalue weighted by Crippen LogP contribution is -2.14. The number of aryl methyl sites for hydroxylation is 3. The molecule has 0 aliphatic carbocycles. The van der Waals surface area contributed by atoms with Crippen molar-refractivity contribution < 1.29 is 4.79 Å². The molecule has 0 bridgehead atoms. The Labute approximate surface area is 106 Å². The van der Waals surface area contributed by atoms with E-state index in [0.29, 0.717) is 18.7 Å². The van der Waals surface area contributed by atoms with Crippen LogP contribution in [0.2, 0.25) is 0 Å². The predicted molar refractivity (Wildman–Crippen MR) is 68.6 cm³/mol. The maximum atomic E-state index is 12.3. The number of carbonyl (C=O) groups excluding carboxylic acids is 1. The van der Waals surface area contributed by atoms with Crippen LogP contribution in [0.25, 0.3) is 0 Å². The molecule has 0 unspecified atom stereocenters. The molecule has 18 heavy (non-hydrogen) atoms. The molecule has 2 aromatic heterocycles. The van der Waals surface area contributed by atoms with Gasteiger partial charge in [0.05, 0.1) is 12.1 Å². The maximum absolute atomic E-state index is 12.3. The van der Waals surface area contributed by atoms with Gasteiger partial charge in [-0.1, -0.05) is 0 Å². The Balaban J connectivity index is 2.21. The third-order valence-corrected chi connectivity index (χ3v) is 2.95. The number of hydrogen-bond donors (Lipinski definition) is 0. The van der Waals surface area contributed by atoms with E-state index in [-0.39, 0.29) is 5.78 Å². The molecule has 2 heterocycles. The topological polar surface area (TPSA) is 52.7 Å². The second-order valence-electron chi connectivity index (χ2n) is 4.22. The van der Waals surface area contributed by atoms with Crippen molar-refractivity contribution in [1.82, 2.24) is 19.3 Å². The van der Waals surface area contributed by atoms with Gasteiger partial charge in [0.25, 0.3) is 0 Å². The van der Waals surface area contributed by atoms with Crippen LogP contribution in [0.1, 0.15) is 35.9 Å². The van der Waals surface area contributed by atoms with Crippen molar-refractivity contribution in [3.63, 3.8) is 0 Å². The van der Waals surface area contributed by atoms with Crippen molar-refractivity contribution in [3.8, 4) is 0 Å². The van der Waals surface area contributed by atoms with Crippen LogP contribution < -0.4 is 0 Å². The number of Topliss-reactive ketones (excluding diaryl/α,β-unsaturated/α-hetero) is 1. The van der Waals surface area contributed by atoms with Gasteiger partial charge in [-0.15, -0.1) is 0 Å². The Kier molecular flexibility index (Phi) is 3.60.